The first kappa shape index (κ1) is 11.7. The fraction of sp³-hybridized carbons (Fsp3) is 0.167. The summed E-state index contributed by atoms with van der Waals surface area (Å²) < 4.78 is 8.03. The first-order valence-electron chi connectivity index (χ1n) is 5.51. The number of hydrogen-bond acceptors (Lipinski definition) is 4. The van der Waals surface area contributed by atoms with E-state index in [0.29, 0.717) is 6.61 Å². The lowest BCUT2D eigenvalue weighted by atomic mass is 10.2. The van der Waals surface area contributed by atoms with Crippen molar-refractivity contribution in [3.8, 4) is 17.0 Å². The summed E-state index contributed by atoms with van der Waals surface area (Å²) in [6.07, 6.45) is 1.92. The Morgan fingerprint density at radius 2 is 2.11 bits per heavy atom. The van der Waals surface area contributed by atoms with Gasteiger partial charge in [-0.1, -0.05) is 11.3 Å². The van der Waals surface area contributed by atoms with Crippen LogP contribution in [0.25, 0.3) is 16.2 Å². The molecule has 6 heteroatoms. The van der Waals surface area contributed by atoms with Gasteiger partial charge in [-0.25, -0.2) is 9.50 Å². The molecule has 3 aromatic rings. The van der Waals surface area contributed by atoms with Gasteiger partial charge in [-0.15, -0.1) is 5.10 Å². The maximum absolute atomic E-state index is 5.41. The number of halogens is 1. The van der Waals surface area contributed by atoms with Crippen LogP contribution in [-0.2, 0) is 0 Å². The highest BCUT2D eigenvalue weighted by Gasteiger charge is 2.08. The molecule has 0 fully saturated rings. The number of ether oxygens (including phenoxy) is 1. The molecule has 0 aliphatic carbocycles. The molecule has 0 saturated heterocycles. The molecule has 2 aromatic heterocycles. The minimum absolute atomic E-state index is 0.678. The molecule has 0 radical (unpaired) electrons. The summed E-state index contributed by atoms with van der Waals surface area (Å²) in [5.74, 6) is 0.878. The first-order chi connectivity index (χ1) is 8.76. The predicted octanol–water partition coefficient (Wildman–Crippen LogP) is 3.62. The number of rotatable bonds is 3. The van der Waals surface area contributed by atoms with E-state index < -0.39 is 0 Å². The highest BCUT2D eigenvalue weighted by atomic mass is 79.9. The average Bonchev–Trinajstić information content (AvgIpc) is 2.87. The summed E-state index contributed by atoms with van der Waals surface area (Å²) in [6, 6.07) is 7.92. The minimum Gasteiger partial charge on any atom is -0.494 e. The third-order valence-electron chi connectivity index (χ3n) is 2.48. The predicted molar refractivity (Wildman–Crippen MR) is 75.2 cm³/mol. The number of benzene rings is 1. The summed E-state index contributed by atoms with van der Waals surface area (Å²) in [5, 5.41) is 4.27. The van der Waals surface area contributed by atoms with Crippen molar-refractivity contribution in [1.29, 1.82) is 0 Å². The van der Waals surface area contributed by atoms with Gasteiger partial charge in [-0.3, -0.25) is 0 Å². The molecule has 0 bridgehead atoms. The largest absolute Gasteiger partial charge is 0.494 e. The van der Waals surface area contributed by atoms with E-state index in [4.69, 9.17) is 4.74 Å². The van der Waals surface area contributed by atoms with E-state index >= 15 is 0 Å². The second-order valence-electron chi connectivity index (χ2n) is 3.67. The van der Waals surface area contributed by atoms with Crippen LogP contribution in [0.3, 0.4) is 0 Å². The lowest BCUT2D eigenvalue weighted by molar-refractivity contribution is 0.340. The molecule has 2 heterocycles. The van der Waals surface area contributed by atoms with Crippen LogP contribution >= 0.6 is 27.3 Å². The molecular formula is C12H10BrN3OS. The van der Waals surface area contributed by atoms with Gasteiger partial charge >= 0.3 is 0 Å². The average molecular weight is 324 g/mol. The van der Waals surface area contributed by atoms with Crippen molar-refractivity contribution in [2.75, 3.05) is 6.61 Å². The van der Waals surface area contributed by atoms with Gasteiger partial charge in [0.25, 0.3) is 0 Å². The number of fused-ring (bicyclic) bond motifs is 1. The second kappa shape index (κ2) is 4.70. The molecule has 18 heavy (non-hydrogen) atoms. The zero-order valence-electron chi connectivity index (χ0n) is 9.63. The highest BCUT2D eigenvalue weighted by molar-refractivity contribution is 9.11. The molecule has 4 nitrogen and oxygen atoms in total. The van der Waals surface area contributed by atoms with Crippen LogP contribution in [0.4, 0.5) is 0 Å². The Hall–Kier alpha value is -1.40. The van der Waals surface area contributed by atoms with Crippen LogP contribution in [0.15, 0.2) is 34.4 Å². The fourth-order valence-electron chi connectivity index (χ4n) is 1.70. The van der Waals surface area contributed by atoms with Crippen molar-refractivity contribution in [3.05, 3.63) is 34.4 Å². The quantitative estimate of drug-likeness (QED) is 0.739. The van der Waals surface area contributed by atoms with Crippen LogP contribution in [-0.4, -0.2) is 21.2 Å². The van der Waals surface area contributed by atoms with Gasteiger partial charge in [0.2, 0.25) is 4.96 Å². The molecular weight excluding hydrogens is 314 g/mol. The van der Waals surface area contributed by atoms with Crippen molar-refractivity contribution in [2.45, 2.75) is 6.92 Å². The molecule has 0 aliphatic heterocycles. The normalized spacial score (nSPS) is 11.0. The van der Waals surface area contributed by atoms with Gasteiger partial charge in [0.05, 0.1) is 18.5 Å². The Morgan fingerprint density at radius 1 is 1.33 bits per heavy atom. The number of hydrogen-bond donors (Lipinski definition) is 0. The van der Waals surface area contributed by atoms with E-state index in [9.17, 15) is 0 Å². The first-order valence-corrected chi connectivity index (χ1v) is 7.12. The van der Waals surface area contributed by atoms with Crippen molar-refractivity contribution in [3.63, 3.8) is 0 Å². The van der Waals surface area contributed by atoms with Gasteiger partial charge in [0.15, 0.2) is 3.92 Å². The lowest BCUT2D eigenvalue weighted by Crippen LogP contribution is -1.90. The van der Waals surface area contributed by atoms with Gasteiger partial charge in [-0.05, 0) is 47.1 Å². The van der Waals surface area contributed by atoms with E-state index in [-0.39, 0.29) is 0 Å². The standard InChI is InChI=1S/C12H10BrN3OS/c1-2-17-9-5-3-8(4-6-9)10-7-16-12(14-10)18-11(13)15-16/h3-7H,2H2,1H3. The van der Waals surface area contributed by atoms with Gasteiger partial charge in [0, 0.05) is 5.56 Å². The molecule has 0 unspecified atom stereocenters. The molecule has 92 valence electrons. The Bertz CT molecular complexity index is 643. The van der Waals surface area contributed by atoms with E-state index in [1.54, 1.807) is 4.52 Å². The second-order valence-corrected chi connectivity index (χ2v) is 5.90. The Labute approximate surface area is 116 Å². The number of imidazole rings is 1. The van der Waals surface area contributed by atoms with Crippen LogP contribution in [0.1, 0.15) is 6.92 Å². The number of aromatic nitrogens is 3. The minimum atomic E-state index is 0.678. The van der Waals surface area contributed by atoms with Crippen LogP contribution < -0.4 is 4.74 Å². The topological polar surface area (TPSA) is 39.4 Å². The van der Waals surface area contributed by atoms with Crippen LogP contribution in [0.5, 0.6) is 5.75 Å². The summed E-state index contributed by atoms with van der Waals surface area (Å²) >= 11 is 4.85. The zero-order chi connectivity index (χ0) is 12.5. The smallest absolute Gasteiger partial charge is 0.213 e. The Kier molecular flexibility index (Phi) is 3.05. The van der Waals surface area contributed by atoms with Gasteiger partial charge in [-0.2, -0.15) is 0 Å². The summed E-state index contributed by atoms with van der Waals surface area (Å²) in [7, 11) is 0. The van der Waals surface area contributed by atoms with Crippen molar-refractivity contribution in [2.24, 2.45) is 0 Å². The van der Waals surface area contributed by atoms with E-state index in [0.717, 1.165) is 25.9 Å². The molecule has 0 saturated carbocycles. The molecule has 3 rings (SSSR count). The van der Waals surface area contributed by atoms with E-state index in [2.05, 4.69) is 26.0 Å². The Morgan fingerprint density at radius 3 is 2.78 bits per heavy atom. The van der Waals surface area contributed by atoms with E-state index in [1.165, 1.54) is 11.3 Å². The van der Waals surface area contributed by atoms with E-state index in [1.807, 2.05) is 37.4 Å². The van der Waals surface area contributed by atoms with Gasteiger partial charge in [0.1, 0.15) is 5.75 Å². The maximum atomic E-state index is 5.41. The molecule has 0 aliphatic rings. The summed E-state index contributed by atoms with van der Waals surface area (Å²) in [4.78, 5) is 5.41. The third kappa shape index (κ3) is 2.13. The lowest BCUT2D eigenvalue weighted by Gasteiger charge is -2.02. The SMILES string of the molecule is CCOc1ccc(-c2cn3nc(Br)sc3n2)cc1. The van der Waals surface area contributed by atoms with Crippen LogP contribution in [0, 0.1) is 0 Å². The molecule has 0 N–H and O–H groups in total. The number of nitrogens with zero attached hydrogens (tertiary/aromatic N) is 3. The maximum Gasteiger partial charge on any atom is 0.213 e. The Balaban J connectivity index is 1.95. The third-order valence-corrected chi connectivity index (χ3v) is 3.83. The fourth-order valence-corrected chi connectivity index (χ4v) is 2.92. The molecule has 0 spiro atoms. The molecule has 0 amide bonds. The van der Waals surface area contributed by atoms with Crippen LogP contribution in [0.2, 0.25) is 0 Å². The van der Waals surface area contributed by atoms with Crippen molar-refractivity contribution in [1.82, 2.24) is 14.6 Å². The van der Waals surface area contributed by atoms with Gasteiger partial charge < -0.3 is 4.74 Å². The summed E-state index contributed by atoms with van der Waals surface area (Å²) in [6.45, 7) is 2.65. The monoisotopic (exact) mass is 323 g/mol. The molecule has 1 aromatic carbocycles. The van der Waals surface area contributed by atoms with Crippen molar-refractivity contribution >= 4 is 32.2 Å². The summed E-state index contributed by atoms with van der Waals surface area (Å²) in [5.41, 5.74) is 1.98. The highest BCUT2D eigenvalue weighted by Crippen LogP contribution is 2.25. The van der Waals surface area contributed by atoms with Crippen molar-refractivity contribution < 1.29 is 4.74 Å². The zero-order valence-corrected chi connectivity index (χ0v) is 12.0. The molecule has 0 atom stereocenters.